The van der Waals surface area contributed by atoms with Gasteiger partial charge in [0.2, 0.25) is 0 Å². The Balaban J connectivity index is 1.32. The number of imidazole rings is 1. The maximum Gasteiger partial charge on any atom is 0.255 e. The number of pyridine rings is 1. The van der Waals surface area contributed by atoms with Crippen LogP contribution in [0.15, 0.2) is 49.1 Å². The number of carbonyl (C=O) groups is 1. The molecule has 4 aromatic rings. The number of aromatic nitrogens is 5. The van der Waals surface area contributed by atoms with Crippen LogP contribution in [-0.2, 0) is 0 Å². The summed E-state index contributed by atoms with van der Waals surface area (Å²) >= 11 is 0. The number of hydrogen-bond donors (Lipinski definition) is 0. The Morgan fingerprint density at radius 1 is 0.968 bits per heavy atom. The Morgan fingerprint density at radius 2 is 1.74 bits per heavy atom. The molecular formula is C23H25N7O. The maximum atomic E-state index is 13.0. The maximum absolute atomic E-state index is 13.0. The highest BCUT2D eigenvalue weighted by molar-refractivity contribution is 5.95. The van der Waals surface area contributed by atoms with E-state index in [-0.39, 0.29) is 5.91 Å². The standard InChI is InChI=1S/C23H25N7O/c1-16-17(2)30(15-24-16)22-13-21(25-18(3)26-22)27-8-10-28(11-9-27)23(31)19-12-20-6-4-5-7-29(20)14-19/h4-7,12-15H,8-11H2,1-3H3. The lowest BCUT2D eigenvalue weighted by atomic mass is 10.2. The number of piperazine rings is 1. The second kappa shape index (κ2) is 7.54. The van der Waals surface area contributed by atoms with Gasteiger partial charge in [-0.3, -0.25) is 9.36 Å². The zero-order valence-corrected chi connectivity index (χ0v) is 18.0. The van der Waals surface area contributed by atoms with Crippen LogP contribution in [0, 0.1) is 20.8 Å². The molecule has 1 saturated heterocycles. The summed E-state index contributed by atoms with van der Waals surface area (Å²) in [5.41, 5.74) is 3.81. The summed E-state index contributed by atoms with van der Waals surface area (Å²) in [5, 5.41) is 0. The van der Waals surface area contributed by atoms with Gasteiger partial charge in [-0.25, -0.2) is 15.0 Å². The fourth-order valence-electron chi connectivity index (χ4n) is 4.05. The SMILES string of the molecule is Cc1nc(N2CCN(C(=O)c3cc4ccccn4c3)CC2)cc(-n2cnc(C)c2C)n1. The molecule has 0 aliphatic carbocycles. The molecule has 8 nitrogen and oxygen atoms in total. The quantitative estimate of drug-likeness (QED) is 0.515. The first-order chi connectivity index (χ1) is 15.0. The number of anilines is 1. The monoisotopic (exact) mass is 415 g/mol. The summed E-state index contributed by atoms with van der Waals surface area (Å²) in [5.74, 6) is 2.50. The van der Waals surface area contributed by atoms with E-state index in [1.807, 2.05) is 77.4 Å². The molecule has 0 N–H and O–H groups in total. The highest BCUT2D eigenvalue weighted by Gasteiger charge is 2.24. The molecule has 31 heavy (non-hydrogen) atoms. The smallest absolute Gasteiger partial charge is 0.255 e. The Morgan fingerprint density at radius 3 is 2.45 bits per heavy atom. The minimum atomic E-state index is 0.0763. The van der Waals surface area contributed by atoms with Gasteiger partial charge in [0.1, 0.15) is 23.8 Å². The van der Waals surface area contributed by atoms with Gasteiger partial charge in [-0.05, 0) is 39.0 Å². The average molecular weight is 416 g/mol. The minimum absolute atomic E-state index is 0.0763. The first-order valence-electron chi connectivity index (χ1n) is 10.5. The van der Waals surface area contributed by atoms with Gasteiger partial charge in [0.25, 0.3) is 5.91 Å². The van der Waals surface area contributed by atoms with E-state index >= 15 is 0 Å². The molecule has 0 saturated carbocycles. The molecule has 0 radical (unpaired) electrons. The molecule has 4 aromatic heterocycles. The molecule has 0 spiro atoms. The van der Waals surface area contributed by atoms with Crippen molar-refractivity contribution < 1.29 is 4.79 Å². The van der Waals surface area contributed by atoms with Crippen LogP contribution in [0.4, 0.5) is 5.82 Å². The van der Waals surface area contributed by atoms with Crippen LogP contribution < -0.4 is 4.90 Å². The molecule has 8 heteroatoms. The number of aryl methyl sites for hydroxylation is 2. The van der Waals surface area contributed by atoms with Crippen LogP contribution in [-0.4, -0.2) is 60.9 Å². The number of nitrogens with zero attached hydrogens (tertiary/aromatic N) is 7. The second-order valence-corrected chi connectivity index (χ2v) is 7.96. The number of amides is 1. The van der Waals surface area contributed by atoms with Gasteiger partial charge in [0.15, 0.2) is 0 Å². The van der Waals surface area contributed by atoms with Crippen molar-refractivity contribution in [3.05, 3.63) is 71.8 Å². The van der Waals surface area contributed by atoms with Crippen molar-refractivity contribution in [1.82, 2.24) is 28.8 Å². The van der Waals surface area contributed by atoms with E-state index in [1.165, 1.54) is 0 Å². The summed E-state index contributed by atoms with van der Waals surface area (Å²) in [6.07, 6.45) is 5.66. The molecular weight excluding hydrogens is 390 g/mol. The number of rotatable bonds is 3. The van der Waals surface area contributed by atoms with Crippen LogP contribution in [0.25, 0.3) is 11.3 Å². The van der Waals surface area contributed by atoms with E-state index in [0.29, 0.717) is 13.1 Å². The predicted octanol–water partition coefficient (Wildman–Crippen LogP) is 2.80. The first-order valence-corrected chi connectivity index (χ1v) is 10.5. The van der Waals surface area contributed by atoms with Crippen LogP contribution in [0.1, 0.15) is 27.6 Å². The lowest BCUT2D eigenvalue weighted by Gasteiger charge is -2.35. The molecule has 1 fully saturated rings. The van der Waals surface area contributed by atoms with E-state index < -0.39 is 0 Å². The summed E-state index contributed by atoms with van der Waals surface area (Å²) < 4.78 is 3.97. The topological polar surface area (TPSA) is 71.6 Å². The number of fused-ring (bicyclic) bond motifs is 1. The van der Waals surface area contributed by atoms with Gasteiger partial charge in [-0.2, -0.15) is 0 Å². The zero-order chi connectivity index (χ0) is 21.5. The average Bonchev–Trinajstić information content (AvgIpc) is 3.36. The molecule has 0 unspecified atom stereocenters. The van der Waals surface area contributed by atoms with Crippen molar-refractivity contribution in [2.24, 2.45) is 0 Å². The van der Waals surface area contributed by atoms with Crippen molar-refractivity contribution in [3.63, 3.8) is 0 Å². The molecule has 0 bridgehead atoms. The van der Waals surface area contributed by atoms with Crippen molar-refractivity contribution in [1.29, 1.82) is 0 Å². The van der Waals surface area contributed by atoms with Crippen LogP contribution in [0.2, 0.25) is 0 Å². The van der Waals surface area contributed by atoms with E-state index in [4.69, 9.17) is 0 Å². The highest BCUT2D eigenvalue weighted by atomic mass is 16.2. The van der Waals surface area contributed by atoms with E-state index in [0.717, 1.165) is 53.0 Å². The van der Waals surface area contributed by atoms with Gasteiger partial charge < -0.3 is 14.2 Å². The largest absolute Gasteiger partial charge is 0.353 e. The minimum Gasteiger partial charge on any atom is -0.353 e. The normalized spacial score (nSPS) is 14.4. The second-order valence-electron chi connectivity index (χ2n) is 7.96. The molecule has 1 aliphatic heterocycles. The summed E-state index contributed by atoms with van der Waals surface area (Å²) in [6, 6.07) is 9.90. The number of carbonyl (C=O) groups excluding carboxylic acids is 1. The van der Waals surface area contributed by atoms with E-state index in [2.05, 4.69) is 19.9 Å². The van der Waals surface area contributed by atoms with E-state index in [1.54, 1.807) is 6.33 Å². The van der Waals surface area contributed by atoms with Gasteiger partial charge in [0, 0.05) is 55.8 Å². The fraction of sp³-hybridized carbons (Fsp3) is 0.304. The van der Waals surface area contributed by atoms with Crippen molar-refractivity contribution in [2.45, 2.75) is 20.8 Å². The summed E-state index contributed by atoms with van der Waals surface area (Å²) in [6.45, 7) is 8.72. The molecule has 5 rings (SSSR count). The lowest BCUT2D eigenvalue weighted by Crippen LogP contribution is -2.49. The van der Waals surface area contributed by atoms with E-state index in [9.17, 15) is 4.79 Å². The Hall–Kier alpha value is -3.68. The van der Waals surface area contributed by atoms with Crippen LogP contribution in [0.3, 0.4) is 0 Å². The summed E-state index contributed by atoms with van der Waals surface area (Å²) in [7, 11) is 0. The molecule has 0 atom stereocenters. The lowest BCUT2D eigenvalue weighted by molar-refractivity contribution is 0.0746. The van der Waals surface area contributed by atoms with Gasteiger partial charge in [0.05, 0.1) is 11.3 Å². The molecule has 1 amide bonds. The Bertz CT molecular complexity index is 1230. The summed E-state index contributed by atoms with van der Waals surface area (Å²) in [4.78, 5) is 30.8. The van der Waals surface area contributed by atoms with Gasteiger partial charge in [-0.15, -0.1) is 0 Å². The van der Waals surface area contributed by atoms with Gasteiger partial charge >= 0.3 is 0 Å². The highest BCUT2D eigenvalue weighted by Crippen LogP contribution is 2.20. The third-order valence-corrected chi connectivity index (χ3v) is 5.95. The number of hydrogen-bond acceptors (Lipinski definition) is 5. The fourth-order valence-corrected chi connectivity index (χ4v) is 4.05. The van der Waals surface area contributed by atoms with Crippen molar-refractivity contribution in [2.75, 3.05) is 31.1 Å². The van der Waals surface area contributed by atoms with Crippen LogP contribution >= 0.6 is 0 Å². The van der Waals surface area contributed by atoms with Gasteiger partial charge in [-0.1, -0.05) is 6.07 Å². The third kappa shape index (κ3) is 3.54. The van der Waals surface area contributed by atoms with Crippen molar-refractivity contribution >= 4 is 17.2 Å². The Kier molecular flexibility index (Phi) is 4.69. The predicted molar refractivity (Wildman–Crippen MR) is 119 cm³/mol. The third-order valence-electron chi connectivity index (χ3n) is 5.95. The van der Waals surface area contributed by atoms with Crippen LogP contribution in [0.5, 0.6) is 0 Å². The molecule has 1 aliphatic rings. The Labute approximate surface area is 180 Å². The molecule has 0 aromatic carbocycles. The first kappa shape index (κ1) is 19.3. The molecule has 158 valence electrons. The molecule has 5 heterocycles. The van der Waals surface area contributed by atoms with Crippen molar-refractivity contribution in [3.8, 4) is 5.82 Å². The zero-order valence-electron chi connectivity index (χ0n) is 18.0.